The van der Waals surface area contributed by atoms with Gasteiger partial charge in [0, 0.05) is 5.92 Å². The van der Waals surface area contributed by atoms with Gasteiger partial charge in [-0.05, 0) is 24.1 Å². The molecule has 0 saturated carbocycles. The van der Waals surface area contributed by atoms with Crippen LogP contribution in [0.3, 0.4) is 0 Å². The van der Waals surface area contributed by atoms with Crippen molar-refractivity contribution >= 4 is 11.9 Å². The highest BCUT2D eigenvalue weighted by Crippen LogP contribution is 2.21. The highest BCUT2D eigenvalue weighted by atomic mass is 16.5. The van der Waals surface area contributed by atoms with E-state index in [0.29, 0.717) is 0 Å². The molecule has 0 bridgehead atoms. The Morgan fingerprint density at radius 2 is 1.82 bits per heavy atom. The van der Waals surface area contributed by atoms with Crippen LogP contribution in [-0.2, 0) is 14.3 Å². The average molecular weight is 307 g/mol. The van der Waals surface area contributed by atoms with Gasteiger partial charge in [-0.2, -0.15) is 0 Å². The number of hydrogen-bond donors (Lipinski definition) is 1. The van der Waals surface area contributed by atoms with Crippen LogP contribution >= 0.6 is 0 Å². The number of ether oxygens (including phenoxy) is 2. The van der Waals surface area contributed by atoms with E-state index in [2.05, 4.69) is 5.32 Å². The van der Waals surface area contributed by atoms with Crippen molar-refractivity contribution in [2.24, 2.45) is 5.92 Å². The number of nitrogens with one attached hydrogen (secondary N) is 1. The molecular weight excluding hydrogens is 282 g/mol. The number of esters is 1. The second-order valence-electron chi connectivity index (χ2n) is 5.30. The minimum Gasteiger partial charge on any atom is -0.497 e. The standard InChI is InChI=1S/C17H25NO4/c1-5-6-12(2)17(20)18-15(11-16(19)22-4)13-7-9-14(21-3)10-8-13/h7-10,12,15H,5-6,11H2,1-4H3,(H,18,20)/t12-,15+/m1/s1. The van der Waals surface area contributed by atoms with Crippen LogP contribution in [0.4, 0.5) is 0 Å². The van der Waals surface area contributed by atoms with E-state index in [9.17, 15) is 9.59 Å². The summed E-state index contributed by atoms with van der Waals surface area (Å²) in [6.45, 7) is 3.93. The molecule has 0 aliphatic heterocycles. The summed E-state index contributed by atoms with van der Waals surface area (Å²) < 4.78 is 9.85. The zero-order valence-corrected chi connectivity index (χ0v) is 13.7. The number of rotatable bonds is 8. The summed E-state index contributed by atoms with van der Waals surface area (Å²) >= 11 is 0. The van der Waals surface area contributed by atoms with E-state index in [1.165, 1.54) is 7.11 Å². The molecule has 0 aliphatic rings. The van der Waals surface area contributed by atoms with Crippen molar-refractivity contribution in [3.05, 3.63) is 29.8 Å². The number of benzene rings is 1. The first-order valence-electron chi connectivity index (χ1n) is 7.52. The molecule has 5 nitrogen and oxygen atoms in total. The zero-order valence-electron chi connectivity index (χ0n) is 13.7. The van der Waals surface area contributed by atoms with Crippen LogP contribution in [0.2, 0.25) is 0 Å². The van der Waals surface area contributed by atoms with E-state index in [1.54, 1.807) is 19.2 Å². The van der Waals surface area contributed by atoms with Crippen molar-refractivity contribution in [2.45, 2.75) is 39.2 Å². The summed E-state index contributed by atoms with van der Waals surface area (Å²) in [4.78, 5) is 23.8. The largest absolute Gasteiger partial charge is 0.497 e. The van der Waals surface area contributed by atoms with Crippen LogP contribution in [0.15, 0.2) is 24.3 Å². The molecule has 0 radical (unpaired) electrons. The molecule has 2 atom stereocenters. The van der Waals surface area contributed by atoms with E-state index in [0.717, 1.165) is 24.2 Å². The lowest BCUT2D eigenvalue weighted by atomic mass is 10.0. The van der Waals surface area contributed by atoms with Gasteiger partial charge in [-0.15, -0.1) is 0 Å². The van der Waals surface area contributed by atoms with Crippen LogP contribution in [0.5, 0.6) is 5.75 Å². The Kier molecular flexibility index (Phi) is 7.43. The molecule has 0 heterocycles. The van der Waals surface area contributed by atoms with Crippen LogP contribution in [-0.4, -0.2) is 26.1 Å². The lowest BCUT2D eigenvalue weighted by Crippen LogP contribution is -2.34. The first kappa shape index (κ1) is 18.0. The zero-order chi connectivity index (χ0) is 16.5. The summed E-state index contributed by atoms with van der Waals surface area (Å²) in [5.41, 5.74) is 0.850. The molecule has 0 aromatic heterocycles. The molecule has 1 amide bonds. The second kappa shape index (κ2) is 9.07. The minimum absolute atomic E-state index is 0.0495. The van der Waals surface area contributed by atoms with Crippen LogP contribution < -0.4 is 10.1 Å². The van der Waals surface area contributed by atoms with Crippen LogP contribution in [0, 0.1) is 5.92 Å². The maximum Gasteiger partial charge on any atom is 0.307 e. The Morgan fingerprint density at radius 1 is 1.18 bits per heavy atom. The Balaban J connectivity index is 2.87. The SMILES string of the molecule is CCC[C@@H](C)C(=O)N[C@@H](CC(=O)OC)c1ccc(OC)cc1. The Bertz CT molecular complexity index is 484. The Labute approximate surface area is 132 Å². The minimum atomic E-state index is -0.398. The van der Waals surface area contributed by atoms with Gasteiger partial charge in [-0.25, -0.2) is 0 Å². The number of carbonyl (C=O) groups excluding carboxylic acids is 2. The van der Waals surface area contributed by atoms with E-state index >= 15 is 0 Å². The molecule has 1 N–H and O–H groups in total. The van der Waals surface area contributed by atoms with Crippen molar-refractivity contribution in [2.75, 3.05) is 14.2 Å². The molecule has 1 rings (SSSR count). The van der Waals surface area contributed by atoms with Gasteiger partial charge >= 0.3 is 5.97 Å². The van der Waals surface area contributed by atoms with E-state index < -0.39 is 6.04 Å². The predicted molar refractivity (Wildman–Crippen MR) is 84.6 cm³/mol. The van der Waals surface area contributed by atoms with Crippen molar-refractivity contribution in [3.8, 4) is 5.75 Å². The van der Waals surface area contributed by atoms with Crippen molar-refractivity contribution in [1.82, 2.24) is 5.32 Å². The van der Waals surface area contributed by atoms with Gasteiger partial charge in [0.25, 0.3) is 0 Å². The highest BCUT2D eigenvalue weighted by Gasteiger charge is 2.21. The van der Waals surface area contributed by atoms with E-state index in [-0.39, 0.29) is 24.2 Å². The summed E-state index contributed by atoms with van der Waals surface area (Å²) in [5.74, 6) is 0.241. The fourth-order valence-electron chi connectivity index (χ4n) is 2.22. The average Bonchev–Trinajstić information content (AvgIpc) is 2.54. The fourth-order valence-corrected chi connectivity index (χ4v) is 2.22. The molecule has 0 spiro atoms. The summed E-state index contributed by atoms with van der Waals surface area (Å²) in [7, 11) is 2.93. The number of amides is 1. The predicted octanol–water partition coefficient (Wildman–Crippen LogP) is 2.85. The topological polar surface area (TPSA) is 64.6 Å². The van der Waals surface area contributed by atoms with Crippen LogP contribution in [0.25, 0.3) is 0 Å². The van der Waals surface area contributed by atoms with Gasteiger partial charge in [-0.1, -0.05) is 32.4 Å². The van der Waals surface area contributed by atoms with Gasteiger partial charge in [0.1, 0.15) is 5.75 Å². The van der Waals surface area contributed by atoms with Crippen LogP contribution in [0.1, 0.15) is 44.7 Å². The Hall–Kier alpha value is -2.04. The third-order valence-corrected chi connectivity index (χ3v) is 3.60. The van der Waals surface area contributed by atoms with Crippen molar-refractivity contribution < 1.29 is 19.1 Å². The monoisotopic (exact) mass is 307 g/mol. The summed E-state index contributed by atoms with van der Waals surface area (Å²) in [6.07, 6.45) is 1.87. The normalized spacial score (nSPS) is 13.1. The molecule has 22 heavy (non-hydrogen) atoms. The van der Waals surface area contributed by atoms with Gasteiger partial charge in [-0.3, -0.25) is 9.59 Å². The first-order valence-corrected chi connectivity index (χ1v) is 7.52. The molecule has 0 fully saturated rings. The number of carbonyl (C=O) groups is 2. The third-order valence-electron chi connectivity index (χ3n) is 3.60. The molecular formula is C17H25NO4. The van der Waals surface area contributed by atoms with E-state index in [1.807, 2.05) is 26.0 Å². The molecule has 0 aliphatic carbocycles. The number of hydrogen-bond acceptors (Lipinski definition) is 4. The molecule has 0 unspecified atom stereocenters. The molecule has 5 heteroatoms. The summed E-state index contributed by atoms with van der Waals surface area (Å²) in [5, 5.41) is 2.94. The lowest BCUT2D eigenvalue weighted by molar-refractivity contribution is -0.141. The first-order chi connectivity index (χ1) is 10.5. The quantitative estimate of drug-likeness (QED) is 0.750. The molecule has 0 saturated heterocycles. The molecule has 1 aromatic rings. The van der Waals surface area contributed by atoms with Crippen molar-refractivity contribution in [3.63, 3.8) is 0 Å². The Morgan fingerprint density at radius 3 is 2.32 bits per heavy atom. The van der Waals surface area contributed by atoms with Gasteiger partial charge in [0.2, 0.25) is 5.91 Å². The maximum atomic E-state index is 12.2. The van der Waals surface area contributed by atoms with Gasteiger partial charge < -0.3 is 14.8 Å². The molecule has 1 aromatic carbocycles. The fraction of sp³-hybridized carbons (Fsp3) is 0.529. The van der Waals surface area contributed by atoms with Gasteiger partial charge in [0.15, 0.2) is 0 Å². The smallest absolute Gasteiger partial charge is 0.307 e. The summed E-state index contributed by atoms with van der Waals surface area (Å²) in [6, 6.07) is 6.90. The second-order valence-corrected chi connectivity index (χ2v) is 5.30. The number of methoxy groups -OCH3 is 2. The van der Waals surface area contributed by atoms with Gasteiger partial charge in [0.05, 0.1) is 26.7 Å². The lowest BCUT2D eigenvalue weighted by Gasteiger charge is -2.21. The van der Waals surface area contributed by atoms with E-state index in [4.69, 9.17) is 9.47 Å². The third kappa shape index (κ3) is 5.39. The maximum absolute atomic E-state index is 12.2. The molecule has 122 valence electrons. The van der Waals surface area contributed by atoms with Crippen molar-refractivity contribution in [1.29, 1.82) is 0 Å². The highest BCUT2D eigenvalue weighted by molar-refractivity contribution is 5.80.